The maximum Gasteiger partial charge on any atom is 0.410 e. The minimum absolute atomic E-state index is 0.195. The Labute approximate surface area is 175 Å². The Morgan fingerprint density at radius 3 is 2.63 bits per heavy atom. The summed E-state index contributed by atoms with van der Waals surface area (Å²) in [6.45, 7) is 8.95. The zero-order valence-corrected chi connectivity index (χ0v) is 18.1. The van der Waals surface area contributed by atoms with Gasteiger partial charge in [-0.3, -0.25) is 0 Å². The second-order valence-corrected chi connectivity index (χ2v) is 8.62. The number of pyridine rings is 1. The van der Waals surface area contributed by atoms with Gasteiger partial charge in [0.15, 0.2) is 0 Å². The number of aromatic nitrogens is 5. The first kappa shape index (κ1) is 20.2. The van der Waals surface area contributed by atoms with E-state index in [0.29, 0.717) is 13.1 Å². The Kier molecular flexibility index (Phi) is 5.13. The molecule has 0 spiro atoms. The second-order valence-electron chi connectivity index (χ2n) is 8.62. The average molecular weight is 412 g/mol. The largest absolute Gasteiger partial charge is 0.494 e. The summed E-state index contributed by atoms with van der Waals surface area (Å²) in [5, 5.41) is 13.2. The lowest BCUT2D eigenvalue weighted by molar-refractivity contribution is 0.0184. The molecule has 160 valence electrons. The van der Waals surface area contributed by atoms with Crippen molar-refractivity contribution in [1.29, 1.82) is 0 Å². The predicted octanol–water partition coefficient (Wildman–Crippen LogP) is 3.48. The van der Waals surface area contributed by atoms with Crippen LogP contribution in [0, 0.1) is 6.92 Å². The fourth-order valence-electron chi connectivity index (χ4n) is 3.86. The van der Waals surface area contributed by atoms with E-state index < -0.39 is 5.60 Å². The molecular formula is C21H28N6O3. The van der Waals surface area contributed by atoms with Gasteiger partial charge in [-0.2, -0.15) is 5.10 Å². The summed E-state index contributed by atoms with van der Waals surface area (Å²) in [5.74, 6) is 0.740. The van der Waals surface area contributed by atoms with Gasteiger partial charge in [-0.1, -0.05) is 5.21 Å². The van der Waals surface area contributed by atoms with E-state index in [1.165, 1.54) is 0 Å². The fourth-order valence-corrected chi connectivity index (χ4v) is 3.86. The molecular weight excluding hydrogens is 384 g/mol. The van der Waals surface area contributed by atoms with E-state index in [9.17, 15) is 4.79 Å². The molecule has 3 aromatic rings. The smallest absolute Gasteiger partial charge is 0.410 e. The van der Waals surface area contributed by atoms with Gasteiger partial charge < -0.3 is 14.4 Å². The van der Waals surface area contributed by atoms with Gasteiger partial charge in [0.05, 0.1) is 25.0 Å². The summed E-state index contributed by atoms with van der Waals surface area (Å²) < 4.78 is 14.8. The number of carbonyl (C=O) groups excluding carboxylic acids is 1. The highest BCUT2D eigenvalue weighted by Gasteiger charge is 2.29. The number of amides is 1. The topological polar surface area (TPSA) is 86.8 Å². The van der Waals surface area contributed by atoms with E-state index in [1.807, 2.05) is 50.7 Å². The lowest BCUT2D eigenvalue weighted by Gasteiger charge is -2.33. The van der Waals surface area contributed by atoms with Crippen LogP contribution in [0.15, 0.2) is 24.5 Å². The fraction of sp³-hybridized carbons (Fsp3) is 0.524. The lowest BCUT2D eigenvalue weighted by Crippen LogP contribution is -2.42. The molecule has 1 aliphatic rings. The predicted molar refractivity (Wildman–Crippen MR) is 112 cm³/mol. The van der Waals surface area contributed by atoms with Crippen molar-refractivity contribution in [3.8, 4) is 17.0 Å². The van der Waals surface area contributed by atoms with Crippen molar-refractivity contribution < 1.29 is 14.3 Å². The van der Waals surface area contributed by atoms with Crippen LogP contribution in [-0.4, -0.2) is 61.4 Å². The Bertz CT molecular complexity index is 1060. The van der Waals surface area contributed by atoms with Gasteiger partial charge in [0.2, 0.25) is 0 Å². The Morgan fingerprint density at radius 1 is 1.23 bits per heavy atom. The Morgan fingerprint density at radius 2 is 1.97 bits per heavy atom. The van der Waals surface area contributed by atoms with Crippen LogP contribution in [0.2, 0.25) is 0 Å². The van der Waals surface area contributed by atoms with Crippen molar-refractivity contribution in [3.63, 3.8) is 0 Å². The zero-order chi connectivity index (χ0) is 21.5. The quantitative estimate of drug-likeness (QED) is 0.655. The highest BCUT2D eigenvalue weighted by Crippen LogP contribution is 2.31. The average Bonchev–Trinajstić information content (AvgIpc) is 3.32. The third-order valence-electron chi connectivity index (χ3n) is 5.35. The Hall–Kier alpha value is -3.10. The molecule has 0 bridgehead atoms. The molecule has 1 saturated heterocycles. The van der Waals surface area contributed by atoms with Gasteiger partial charge in [0, 0.05) is 24.8 Å². The molecule has 0 aliphatic carbocycles. The van der Waals surface area contributed by atoms with E-state index in [1.54, 1.807) is 22.7 Å². The van der Waals surface area contributed by atoms with Crippen molar-refractivity contribution in [2.75, 3.05) is 20.2 Å². The minimum Gasteiger partial charge on any atom is -0.494 e. The molecule has 0 atom stereocenters. The summed E-state index contributed by atoms with van der Waals surface area (Å²) in [6, 6.07) is 4.06. The molecule has 0 saturated carbocycles. The van der Waals surface area contributed by atoms with Crippen LogP contribution in [0.4, 0.5) is 4.79 Å². The summed E-state index contributed by atoms with van der Waals surface area (Å²) in [6.07, 6.45) is 5.04. The SMILES string of the molecule is COc1cc(-c2nnn(C3CCN(C(=O)OC(C)(C)C)CC3)c2C)cn2nccc12. The number of rotatable bonds is 3. The van der Waals surface area contributed by atoms with Crippen LogP contribution in [0.25, 0.3) is 16.8 Å². The normalized spacial score (nSPS) is 15.6. The van der Waals surface area contributed by atoms with Gasteiger partial charge in [-0.05, 0) is 52.7 Å². The number of fused-ring (bicyclic) bond motifs is 1. The van der Waals surface area contributed by atoms with Crippen molar-refractivity contribution in [3.05, 3.63) is 30.2 Å². The van der Waals surface area contributed by atoms with Crippen LogP contribution in [0.1, 0.15) is 45.3 Å². The summed E-state index contributed by atoms with van der Waals surface area (Å²) >= 11 is 0. The number of nitrogens with zero attached hydrogens (tertiary/aromatic N) is 6. The Balaban J connectivity index is 1.52. The summed E-state index contributed by atoms with van der Waals surface area (Å²) in [4.78, 5) is 14.1. The van der Waals surface area contributed by atoms with E-state index >= 15 is 0 Å². The maximum absolute atomic E-state index is 12.3. The summed E-state index contributed by atoms with van der Waals surface area (Å²) in [7, 11) is 1.65. The van der Waals surface area contributed by atoms with Crippen molar-refractivity contribution in [2.45, 2.75) is 52.2 Å². The molecule has 4 heterocycles. The molecule has 0 N–H and O–H groups in total. The first-order valence-corrected chi connectivity index (χ1v) is 10.2. The molecule has 4 rings (SSSR count). The molecule has 9 nitrogen and oxygen atoms in total. The van der Waals surface area contributed by atoms with E-state index in [4.69, 9.17) is 9.47 Å². The minimum atomic E-state index is -0.484. The van der Waals surface area contributed by atoms with Gasteiger partial charge in [0.1, 0.15) is 22.6 Å². The third kappa shape index (κ3) is 3.83. The van der Waals surface area contributed by atoms with Crippen LogP contribution >= 0.6 is 0 Å². The van der Waals surface area contributed by atoms with E-state index in [2.05, 4.69) is 15.4 Å². The van der Waals surface area contributed by atoms with E-state index in [0.717, 1.165) is 41.1 Å². The molecule has 1 aliphatic heterocycles. The van der Waals surface area contributed by atoms with Gasteiger partial charge in [0.25, 0.3) is 0 Å². The first-order valence-electron chi connectivity index (χ1n) is 10.2. The van der Waals surface area contributed by atoms with Gasteiger partial charge >= 0.3 is 6.09 Å². The lowest BCUT2D eigenvalue weighted by atomic mass is 10.0. The van der Waals surface area contributed by atoms with E-state index in [-0.39, 0.29) is 12.1 Å². The van der Waals surface area contributed by atoms with Crippen LogP contribution in [0.3, 0.4) is 0 Å². The van der Waals surface area contributed by atoms with Crippen LogP contribution in [0.5, 0.6) is 5.75 Å². The molecule has 1 amide bonds. The third-order valence-corrected chi connectivity index (χ3v) is 5.35. The van der Waals surface area contributed by atoms with Gasteiger partial charge in [-0.25, -0.2) is 14.0 Å². The number of hydrogen-bond donors (Lipinski definition) is 0. The molecule has 3 aromatic heterocycles. The van der Waals surface area contributed by atoms with Crippen LogP contribution in [-0.2, 0) is 4.74 Å². The van der Waals surface area contributed by atoms with Crippen molar-refractivity contribution in [1.82, 2.24) is 29.5 Å². The number of carbonyl (C=O) groups is 1. The molecule has 0 aromatic carbocycles. The highest BCUT2D eigenvalue weighted by atomic mass is 16.6. The number of ether oxygens (including phenoxy) is 2. The molecule has 30 heavy (non-hydrogen) atoms. The number of piperidine rings is 1. The van der Waals surface area contributed by atoms with Crippen LogP contribution < -0.4 is 4.74 Å². The monoisotopic (exact) mass is 412 g/mol. The highest BCUT2D eigenvalue weighted by molar-refractivity contribution is 5.70. The summed E-state index contributed by atoms with van der Waals surface area (Å²) in [5.41, 5.74) is 3.11. The maximum atomic E-state index is 12.3. The number of methoxy groups -OCH3 is 1. The molecule has 0 unspecified atom stereocenters. The standard InChI is InChI=1S/C21H28N6O3/c1-14-19(15-12-18(29-5)17-6-9-22-26(17)13-15)23-24-27(14)16-7-10-25(11-8-16)20(28)30-21(2,3)4/h6,9,12-13,16H,7-8,10-11H2,1-5H3. The van der Waals surface area contributed by atoms with Crippen molar-refractivity contribution in [2.24, 2.45) is 0 Å². The first-order chi connectivity index (χ1) is 14.3. The van der Waals surface area contributed by atoms with Gasteiger partial charge in [-0.15, -0.1) is 5.10 Å². The zero-order valence-electron chi connectivity index (χ0n) is 18.1. The molecule has 9 heteroatoms. The van der Waals surface area contributed by atoms with Crippen molar-refractivity contribution >= 4 is 11.6 Å². The molecule has 0 radical (unpaired) electrons. The number of likely N-dealkylation sites (tertiary alicyclic amines) is 1. The number of hydrogen-bond acceptors (Lipinski definition) is 6. The molecule has 1 fully saturated rings. The second kappa shape index (κ2) is 7.62.